The first-order valence-electron chi connectivity index (χ1n) is 8.31. The van der Waals surface area contributed by atoms with Gasteiger partial charge in [-0.25, -0.2) is 0 Å². The Kier molecular flexibility index (Phi) is 5.73. The van der Waals surface area contributed by atoms with Gasteiger partial charge >= 0.3 is 0 Å². The third-order valence-corrected chi connectivity index (χ3v) is 5.07. The Morgan fingerprint density at radius 2 is 1.96 bits per heavy atom. The van der Waals surface area contributed by atoms with Crippen LogP contribution >= 0.6 is 11.8 Å². The predicted octanol–water partition coefficient (Wildman–Crippen LogP) is 3.78. The van der Waals surface area contributed by atoms with E-state index >= 15 is 0 Å². The normalized spacial score (nSPS) is 16.0. The van der Waals surface area contributed by atoms with E-state index in [0.717, 1.165) is 22.4 Å². The van der Waals surface area contributed by atoms with Crippen LogP contribution in [0.3, 0.4) is 0 Å². The van der Waals surface area contributed by atoms with Crippen molar-refractivity contribution in [3.63, 3.8) is 0 Å². The van der Waals surface area contributed by atoms with Crippen LogP contribution in [0.15, 0.2) is 52.7 Å². The molecular weight excluding hydrogens is 346 g/mol. The Labute approximate surface area is 157 Å². The highest BCUT2D eigenvalue weighted by molar-refractivity contribution is 8.15. The maximum Gasteiger partial charge on any atom is 0.239 e. The molecule has 0 N–H and O–H groups in total. The molecule has 0 aliphatic carbocycles. The lowest BCUT2D eigenvalue weighted by Gasteiger charge is -2.15. The largest absolute Gasteiger partial charge is 0.497 e. The minimum atomic E-state index is 0.0475. The van der Waals surface area contributed by atoms with Crippen molar-refractivity contribution in [2.45, 2.75) is 20.4 Å². The van der Waals surface area contributed by atoms with Crippen LogP contribution in [-0.2, 0) is 11.3 Å². The Morgan fingerprint density at radius 3 is 2.65 bits per heavy atom. The molecule has 5 nitrogen and oxygen atoms in total. The summed E-state index contributed by atoms with van der Waals surface area (Å²) in [6.07, 6.45) is 1.73. The second-order valence-corrected chi connectivity index (χ2v) is 7.05. The third kappa shape index (κ3) is 4.32. The molecule has 2 aromatic carbocycles. The molecule has 1 saturated heterocycles. The molecule has 1 fully saturated rings. The van der Waals surface area contributed by atoms with E-state index in [1.807, 2.05) is 43.3 Å². The van der Waals surface area contributed by atoms with E-state index in [0.29, 0.717) is 17.5 Å². The number of ether oxygens (including phenoxy) is 1. The van der Waals surface area contributed by atoms with E-state index in [4.69, 9.17) is 4.74 Å². The number of nitrogens with zero attached hydrogens (tertiary/aromatic N) is 3. The van der Waals surface area contributed by atoms with E-state index in [-0.39, 0.29) is 5.91 Å². The summed E-state index contributed by atoms with van der Waals surface area (Å²) in [4.78, 5) is 13.9. The highest BCUT2D eigenvalue weighted by Gasteiger charge is 2.28. The summed E-state index contributed by atoms with van der Waals surface area (Å²) in [5.74, 6) is 1.24. The van der Waals surface area contributed by atoms with Crippen LogP contribution in [0.4, 0.5) is 0 Å². The van der Waals surface area contributed by atoms with Gasteiger partial charge in [0.05, 0.1) is 25.6 Å². The van der Waals surface area contributed by atoms with Crippen LogP contribution in [0.25, 0.3) is 0 Å². The summed E-state index contributed by atoms with van der Waals surface area (Å²) < 4.78 is 5.17. The van der Waals surface area contributed by atoms with Crippen molar-refractivity contribution in [3.05, 3.63) is 64.7 Å². The summed E-state index contributed by atoms with van der Waals surface area (Å²) in [5, 5.41) is 9.10. The molecule has 0 spiro atoms. The van der Waals surface area contributed by atoms with Gasteiger partial charge in [-0.1, -0.05) is 47.7 Å². The van der Waals surface area contributed by atoms with Crippen molar-refractivity contribution in [2.24, 2.45) is 10.2 Å². The van der Waals surface area contributed by atoms with Crippen molar-refractivity contribution < 1.29 is 9.53 Å². The van der Waals surface area contributed by atoms with Gasteiger partial charge < -0.3 is 4.74 Å². The highest BCUT2D eigenvalue weighted by Crippen LogP contribution is 2.23. The van der Waals surface area contributed by atoms with Gasteiger partial charge in [-0.15, -0.1) is 5.10 Å². The van der Waals surface area contributed by atoms with Crippen molar-refractivity contribution in [1.29, 1.82) is 0 Å². The van der Waals surface area contributed by atoms with Gasteiger partial charge in [-0.2, -0.15) is 5.10 Å². The molecule has 2 aromatic rings. The topological polar surface area (TPSA) is 54.3 Å². The Bertz CT molecular complexity index is 860. The van der Waals surface area contributed by atoms with E-state index in [2.05, 4.69) is 23.2 Å². The molecule has 1 heterocycles. The molecule has 1 aliphatic rings. The number of carbonyl (C=O) groups excluding carboxylic acids is 1. The first-order chi connectivity index (χ1) is 12.6. The van der Waals surface area contributed by atoms with Crippen molar-refractivity contribution in [1.82, 2.24) is 4.90 Å². The number of rotatable bonds is 5. The van der Waals surface area contributed by atoms with Gasteiger partial charge in [0.2, 0.25) is 5.91 Å². The first kappa shape index (κ1) is 18.2. The standard InChI is InChI=1S/C20H21N3O2S/c1-14-4-7-17(15(2)10-14)11-21-22-20-23(19(24)13-26-20)12-16-5-8-18(25-3)9-6-16/h4-11H,12-13H2,1-3H3/b21-11+,22-20+. The van der Waals surface area contributed by atoms with Crippen LogP contribution in [0.5, 0.6) is 5.75 Å². The number of amides is 1. The fourth-order valence-electron chi connectivity index (χ4n) is 2.65. The molecule has 0 bridgehead atoms. The van der Waals surface area contributed by atoms with Crippen molar-refractivity contribution in [3.8, 4) is 5.75 Å². The van der Waals surface area contributed by atoms with Crippen molar-refractivity contribution in [2.75, 3.05) is 12.9 Å². The number of hydrogen-bond acceptors (Lipinski definition) is 5. The van der Waals surface area contributed by atoms with Gasteiger partial charge in [0.25, 0.3) is 0 Å². The number of methoxy groups -OCH3 is 1. The van der Waals surface area contributed by atoms with Crippen LogP contribution in [0.1, 0.15) is 22.3 Å². The van der Waals surface area contributed by atoms with E-state index in [1.54, 1.807) is 18.2 Å². The summed E-state index contributed by atoms with van der Waals surface area (Å²) in [6.45, 7) is 4.59. The number of aryl methyl sites for hydroxylation is 2. The number of hydrogen-bond donors (Lipinski definition) is 0. The van der Waals surface area contributed by atoms with Gasteiger partial charge in [0.1, 0.15) is 5.75 Å². The van der Waals surface area contributed by atoms with E-state index in [9.17, 15) is 4.79 Å². The molecule has 0 unspecified atom stereocenters. The average molecular weight is 367 g/mol. The molecule has 1 amide bonds. The zero-order valence-corrected chi connectivity index (χ0v) is 15.9. The highest BCUT2D eigenvalue weighted by atomic mass is 32.2. The monoisotopic (exact) mass is 367 g/mol. The van der Waals surface area contributed by atoms with Crippen LogP contribution < -0.4 is 4.74 Å². The smallest absolute Gasteiger partial charge is 0.239 e. The number of benzene rings is 2. The van der Waals surface area contributed by atoms with Gasteiger partial charge in [0.15, 0.2) is 5.17 Å². The SMILES string of the molecule is COc1ccc(CN2C(=O)CS/C2=N/N=C/c2ccc(C)cc2C)cc1. The molecule has 0 aromatic heterocycles. The molecule has 0 saturated carbocycles. The van der Waals surface area contributed by atoms with Gasteiger partial charge in [-0.3, -0.25) is 9.69 Å². The predicted molar refractivity (Wildman–Crippen MR) is 107 cm³/mol. The summed E-state index contributed by atoms with van der Waals surface area (Å²) in [6, 6.07) is 13.9. The summed E-state index contributed by atoms with van der Waals surface area (Å²) in [5.41, 5.74) is 4.41. The van der Waals surface area contributed by atoms with Crippen LogP contribution in [0.2, 0.25) is 0 Å². The zero-order valence-electron chi connectivity index (χ0n) is 15.1. The van der Waals surface area contributed by atoms with Crippen molar-refractivity contribution >= 4 is 29.1 Å². The lowest BCUT2D eigenvalue weighted by atomic mass is 10.1. The second-order valence-electron chi connectivity index (χ2n) is 6.10. The summed E-state index contributed by atoms with van der Waals surface area (Å²) >= 11 is 1.42. The quantitative estimate of drug-likeness (QED) is 0.597. The fourth-order valence-corrected chi connectivity index (χ4v) is 3.49. The minimum Gasteiger partial charge on any atom is -0.497 e. The molecule has 26 heavy (non-hydrogen) atoms. The molecule has 134 valence electrons. The lowest BCUT2D eigenvalue weighted by molar-refractivity contribution is -0.124. The maximum absolute atomic E-state index is 12.2. The maximum atomic E-state index is 12.2. The Balaban J connectivity index is 1.73. The lowest BCUT2D eigenvalue weighted by Crippen LogP contribution is -2.28. The van der Waals surface area contributed by atoms with Gasteiger partial charge in [0, 0.05) is 0 Å². The molecule has 0 atom stereocenters. The molecule has 0 radical (unpaired) electrons. The number of thioether (sulfide) groups is 1. The van der Waals surface area contributed by atoms with Crippen LogP contribution in [0, 0.1) is 13.8 Å². The fraction of sp³-hybridized carbons (Fsp3) is 0.250. The Morgan fingerprint density at radius 1 is 1.19 bits per heavy atom. The number of amidine groups is 1. The van der Waals surface area contributed by atoms with E-state index in [1.165, 1.54) is 17.3 Å². The van der Waals surface area contributed by atoms with Crippen LogP contribution in [-0.4, -0.2) is 35.1 Å². The molecular formula is C20H21N3O2S. The summed E-state index contributed by atoms with van der Waals surface area (Å²) in [7, 11) is 1.63. The van der Waals surface area contributed by atoms with Gasteiger partial charge in [-0.05, 0) is 42.7 Å². The number of carbonyl (C=O) groups is 1. The molecule has 1 aliphatic heterocycles. The average Bonchev–Trinajstić information content (AvgIpc) is 2.98. The molecule has 3 rings (SSSR count). The Hall–Kier alpha value is -2.60. The molecule has 6 heteroatoms. The first-order valence-corrected chi connectivity index (χ1v) is 9.30. The third-order valence-electron chi connectivity index (χ3n) is 4.12. The second kappa shape index (κ2) is 8.19. The minimum absolute atomic E-state index is 0.0475. The zero-order chi connectivity index (χ0) is 18.5. The van der Waals surface area contributed by atoms with E-state index < -0.39 is 0 Å².